The Morgan fingerprint density at radius 2 is 1.64 bits per heavy atom. The fraction of sp³-hybridized carbons (Fsp3) is 0.206. The first-order chi connectivity index (χ1) is 22.6. The number of halogens is 3. The number of nitrogens with one attached hydrogen (secondary N) is 2. The smallest absolute Gasteiger partial charge is 0.404 e. The van der Waals surface area contributed by atoms with Gasteiger partial charge in [0.2, 0.25) is 5.95 Å². The van der Waals surface area contributed by atoms with Crippen molar-refractivity contribution in [1.82, 2.24) is 19.9 Å². The number of rotatable bonds is 7. The monoisotopic (exact) mass is 642 g/mol. The molecule has 0 atom stereocenters. The molecular formula is C34H29F3N6O4. The molecule has 240 valence electrons. The van der Waals surface area contributed by atoms with Crippen molar-refractivity contribution in [3.63, 3.8) is 0 Å². The molecule has 0 saturated carbocycles. The summed E-state index contributed by atoms with van der Waals surface area (Å²) in [5.74, 6) is -2.52. The lowest BCUT2D eigenvalue weighted by atomic mass is 9.97. The number of carbonyl (C=O) groups is 2. The molecule has 2 amide bonds. The molecule has 0 unspecified atom stereocenters. The number of hydrogen-bond acceptors (Lipinski definition) is 6. The van der Waals surface area contributed by atoms with E-state index in [2.05, 4.69) is 15.6 Å². The van der Waals surface area contributed by atoms with Crippen molar-refractivity contribution < 1.29 is 27.9 Å². The van der Waals surface area contributed by atoms with Gasteiger partial charge in [-0.15, -0.1) is 0 Å². The molecule has 2 aromatic heterocycles. The van der Waals surface area contributed by atoms with E-state index in [0.29, 0.717) is 54.8 Å². The van der Waals surface area contributed by atoms with Crippen LogP contribution in [0.1, 0.15) is 28.8 Å². The number of piperidine rings is 1. The molecule has 0 spiro atoms. The number of anilines is 2. The average Bonchev–Trinajstić information content (AvgIpc) is 3.05. The summed E-state index contributed by atoms with van der Waals surface area (Å²) < 4.78 is 44.6. The first kappa shape index (κ1) is 31.3. The highest BCUT2D eigenvalue weighted by Crippen LogP contribution is 2.33. The van der Waals surface area contributed by atoms with E-state index >= 15 is 8.78 Å². The van der Waals surface area contributed by atoms with Crippen molar-refractivity contribution in [3.05, 3.63) is 112 Å². The van der Waals surface area contributed by atoms with Gasteiger partial charge in [-0.2, -0.15) is 4.98 Å². The van der Waals surface area contributed by atoms with E-state index in [0.717, 1.165) is 22.3 Å². The fourth-order valence-corrected chi connectivity index (χ4v) is 5.69. The molecule has 0 radical (unpaired) electrons. The van der Waals surface area contributed by atoms with Gasteiger partial charge < -0.3 is 20.6 Å². The topological polar surface area (TPSA) is 129 Å². The maximum atomic E-state index is 15.1. The van der Waals surface area contributed by atoms with E-state index in [-0.39, 0.29) is 23.1 Å². The maximum Gasteiger partial charge on any atom is 0.404 e. The largest absolute Gasteiger partial charge is 0.465 e. The van der Waals surface area contributed by atoms with Crippen LogP contribution in [0, 0.1) is 30.3 Å². The highest BCUT2D eigenvalue weighted by Gasteiger charge is 2.26. The number of carbonyl (C=O) groups excluding carboxylic acids is 1. The number of nitrogens with zero attached hydrogens (tertiary/aromatic N) is 4. The normalized spacial score (nSPS) is 13.5. The minimum atomic E-state index is -1.10. The Hall–Kier alpha value is -5.72. The van der Waals surface area contributed by atoms with Crippen LogP contribution in [0.15, 0.2) is 77.6 Å². The SMILES string of the molecule is Cc1ccc(C(=O)Nc2ccc(F)cc2)cc1-c1nc(N2CCC(CNC(=O)O)CC2)nc2c1ccc(=O)n2-c1c(F)cccc1F. The molecular weight excluding hydrogens is 613 g/mol. The summed E-state index contributed by atoms with van der Waals surface area (Å²) in [5.41, 5.74) is 0.916. The van der Waals surface area contributed by atoms with Gasteiger partial charge >= 0.3 is 6.09 Å². The molecule has 3 heterocycles. The second-order valence-corrected chi connectivity index (χ2v) is 11.3. The van der Waals surface area contributed by atoms with Crippen molar-refractivity contribution in [1.29, 1.82) is 0 Å². The summed E-state index contributed by atoms with van der Waals surface area (Å²) in [4.78, 5) is 48.9. The molecule has 6 rings (SSSR count). The lowest BCUT2D eigenvalue weighted by Crippen LogP contribution is -2.39. The first-order valence-corrected chi connectivity index (χ1v) is 14.9. The summed E-state index contributed by atoms with van der Waals surface area (Å²) in [7, 11) is 0. The van der Waals surface area contributed by atoms with Gasteiger partial charge in [0, 0.05) is 47.9 Å². The molecule has 0 bridgehead atoms. The zero-order valence-corrected chi connectivity index (χ0v) is 25.1. The van der Waals surface area contributed by atoms with E-state index < -0.39 is 40.7 Å². The third-order valence-electron chi connectivity index (χ3n) is 8.20. The second kappa shape index (κ2) is 12.9. The van der Waals surface area contributed by atoms with E-state index in [1.54, 1.807) is 18.2 Å². The van der Waals surface area contributed by atoms with Crippen molar-refractivity contribution in [2.75, 3.05) is 29.9 Å². The molecule has 1 saturated heterocycles. The highest BCUT2D eigenvalue weighted by molar-refractivity contribution is 6.05. The third kappa shape index (κ3) is 6.50. The Balaban J connectivity index is 1.49. The molecule has 13 heteroatoms. The van der Waals surface area contributed by atoms with E-state index in [4.69, 9.17) is 10.1 Å². The van der Waals surface area contributed by atoms with E-state index in [9.17, 15) is 18.8 Å². The predicted octanol–water partition coefficient (Wildman–Crippen LogP) is 5.91. The van der Waals surface area contributed by atoms with Gasteiger partial charge in [0.15, 0.2) is 5.65 Å². The van der Waals surface area contributed by atoms with E-state index in [1.807, 2.05) is 11.8 Å². The highest BCUT2D eigenvalue weighted by atomic mass is 19.1. The average molecular weight is 643 g/mol. The zero-order chi connectivity index (χ0) is 33.2. The predicted molar refractivity (Wildman–Crippen MR) is 171 cm³/mol. The van der Waals surface area contributed by atoms with Gasteiger partial charge in [-0.05, 0) is 85.8 Å². The number of fused-ring (bicyclic) bond motifs is 1. The van der Waals surface area contributed by atoms with Gasteiger partial charge in [-0.3, -0.25) is 14.2 Å². The number of aryl methyl sites for hydroxylation is 1. The molecule has 10 nitrogen and oxygen atoms in total. The lowest BCUT2D eigenvalue weighted by Gasteiger charge is -2.32. The van der Waals surface area contributed by atoms with Crippen LogP contribution in [-0.4, -0.2) is 51.3 Å². The zero-order valence-electron chi connectivity index (χ0n) is 25.1. The van der Waals surface area contributed by atoms with Crippen LogP contribution in [0.5, 0.6) is 0 Å². The number of pyridine rings is 1. The number of hydrogen-bond donors (Lipinski definition) is 3. The summed E-state index contributed by atoms with van der Waals surface area (Å²) in [6, 6.07) is 16.3. The standard InChI is InChI=1S/C34H29F3N6O4/c1-19-5-6-21(32(45)39-23-9-7-22(35)8-10-23)17-25(19)29-24-11-12-28(44)43(30-26(36)3-2-4-27(30)37)31(24)41-33(40-29)42-15-13-20(14-16-42)18-38-34(46)47/h2-12,17,20,38H,13-16,18H2,1H3,(H,39,45)(H,46,47). The van der Waals surface area contributed by atoms with Crippen LogP contribution in [0.25, 0.3) is 28.0 Å². The number of carboxylic acid groups (broad SMARTS) is 1. The molecule has 1 aliphatic rings. The summed E-state index contributed by atoms with van der Waals surface area (Å²) in [5, 5.41) is 14.5. The Labute approximate surface area is 266 Å². The second-order valence-electron chi connectivity index (χ2n) is 11.3. The Kier molecular flexibility index (Phi) is 8.61. The Morgan fingerprint density at radius 3 is 2.32 bits per heavy atom. The summed E-state index contributed by atoms with van der Waals surface area (Å²) in [6.07, 6.45) is 0.147. The number of para-hydroxylation sites is 1. The van der Waals surface area contributed by atoms with Crippen LogP contribution in [0.3, 0.4) is 0 Å². The Bertz CT molecular complexity index is 2040. The molecule has 1 aliphatic heterocycles. The Morgan fingerprint density at radius 1 is 0.936 bits per heavy atom. The van der Waals surface area contributed by atoms with Crippen molar-refractivity contribution in [3.8, 4) is 16.9 Å². The van der Waals surface area contributed by atoms with Crippen LogP contribution < -0.4 is 21.1 Å². The third-order valence-corrected chi connectivity index (χ3v) is 8.20. The van der Waals surface area contributed by atoms with Gasteiger partial charge in [0.25, 0.3) is 11.5 Å². The van der Waals surface area contributed by atoms with Gasteiger partial charge in [0.05, 0.1) is 5.69 Å². The lowest BCUT2D eigenvalue weighted by molar-refractivity contribution is 0.102. The minimum Gasteiger partial charge on any atom is -0.465 e. The minimum absolute atomic E-state index is 0.0308. The van der Waals surface area contributed by atoms with Crippen LogP contribution in [0.2, 0.25) is 0 Å². The fourth-order valence-electron chi connectivity index (χ4n) is 5.69. The van der Waals surface area contributed by atoms with Gasteiger partial charge in [-0.25, -0.2) is 22.9 Å². The van der Waals surface area contributed by atoms with Crippen LogP contribution in [0.4, 0.5) is 29.6 Å². The summed E-state index contributed by atoms with van der Waals surface area (Å²) in [6.45, 7) is 3.03. The number of amides is 2. The molecule has 1 fully saturated rings. The quantitative estimate of drug-likeness (QED) is 0.201. The van der Waals surface area contributed by atoms with Gasteiger partial charge in [-0.1, -0.05) is 12.1 Å². The van der Waals surface area contributed by atoms with E-state index in [1.165, 1.54) is 42.5 Å². The molecule has 3 aromatic carbocycles. The summed E-state index contributed by atoms with van der Waals surface area (Å²) >= 11 is 0. The molecule has 5 aromatic rings. The molecule has 0 aliphatic carbocycles. The van der Waals surface area contributed by atoms with Crippen LogP contribution >= 0.6 is 0 Å². The van der Waals surface area contributed by atoms with Crippen LogP contribution in [-0.2, 0) is 0 Å². The van der Waals surface area contributed by atoms with Crippen molar-refractivity contribution in [2.45, 2.75) is 19.8 Å². The molecule has 47 heavy (non-hydrogen) atoms. The number of aromatic nitrogens is 3. The van der Waals surface area contributed by atoms with Gasteiger partial charge in [0.1, 0.15) is 23.1 Å². The number of benzene rings is 3. The first-order valence-electron chi connectivity index (χ1n) is 14.9. The maximum absolute atomic E-state index is 15.1. The van der Waals surface area contributed by atoms with Crippen molar-refractivity contribution >= 4 is 34.7 Å². The van der Waals surface area contributed by atoms with Crippen molar-refractivity contribution in [2.24, 2.45) is 5.92 Å². The molecule has 3 N–H and O–H groups in total.